The molecule has 1 unspecified atom stereocenters. The number of benzene rings is 1. The Morgan fingerprint density at radius 3 is 2.68 bits per heavy atom. The molecular weight excluding hydrogens is 284 g/mol. The van der Waals surface area contributed by atoms with Crippen LogP contribution in [0.4, 0.5) is 5.69 Å². The fourth-order valence-corrected chi connectivity index (χ4v) is 2.56. The number of carbonyl (C=O) groups excluding carboxylic acids is 2. The minimum atomic E-state index is -0.399. The molecule has 7 nitrogen and oxygen atoms in total. The summed E-state index contributed by atoms with van der Waals surface area (Å²) >= 11 is 0. The summed E-state index contributed by atoms with van der Waals surface area (Å²) in [6.07, 6.45) is 2.11. The van der Waals surface area contributed by atoms with Gasteiger partial charge in [0.25, 0.3) is 0 Å². The summed E-state index contributed by atoms with van der Waals surface area (Å²) in [4.78, 5) is 23.7. The van der Waals surface area contributed by atoms with Crippen LogP contribution in [0.2, 0.25) is 0 Å². The van der Waals surface area contributed by atoms with Crippen molar-refractivity contribution in [2.24, 2.45) is 5.92 Å². The van der Waals surface area contributed by atoms with E-state index in [0.29, 0.717) is 17.7 Å². The molecule has 0 saturated heterocycles. The summed E-state index contributed by atoms with van der Waals surface area (Å²) in [5.74, 6) is -0.555. The van der Waals surface area contributed by atoms with Gasteiger partial charge in [0.05, 0.1) is 24.1 Å². The van der Waals surface area contributed by atoms with Gasteiger partial charge in [-0.15, -0.1) is 0 Å². The first kappa shape index (κ1) is 14.2. The lowest BCUT2D eigenvalue weighted by Crippen LogP contribution is -2.28. The molecule has 0 aliphatic heterocycles. The SMILES string of the molecule is COC(=O)c1ccc(NC(=O)C2CCc3n[nH]nc3C2)cc1. The van der Waals surface area contributed by atoms with Gasteiger partial charge in [-0.25, -0.2) is 4.79 Å². The van der Waals surface area contributed by atoms with Crippen molar-refractivity contribution in [3.8, 4) is 0 Å². The molecule has 0 fully saturated rings. The van der Waals surface area contributed by atoms with Gasteiger partial charge in [0.15, 0.2) is 0 Å². The first-order valence-electron chi connectivity index (χ1n) is 7.05. The molecule has 2 aromatic rings. The number of aromatic amines is 1. The first-order valence-corrected chi connectivity index (χ1v) is 7.05. The fraction of sp³-hybridized carbons (Fsp3) is 0.333. The number of aromatic nitrogens is 3. The Morgan fingerprint density at radius 2 is 1.95 bits per heavy atom. The van der Waals surface area contributed by atoms with Crippen LogP contribution in [0.25, 0.3) is 0 Å². The zero-order valence-corrected chi connectivity index (χ0v) is 12.1. The fourth-order valence-electron chi connectivity index (χ4n) is 2.56. The van der Waals surface area contributed by atoms with Crippen molar-refractivity contribution in [2.45, 2.75) is 19.3 Å². The molecule has 0 bridgehead atoms. The van der Waals surface area contributed by atoms with E-state index < -0.39 is 5.97 Å². The summed E-state index contributed by atoms with van der Waals surface area (Å²) in [5.41, 5.74) is 2.92. The molecule has 0 saturated carbocycles. The third-order valence-corrected chi connectivity index (χ3v) is 3.82. The van der Waals surface area contributed by atoms with Gasteiger partial charge in [0.2, 0.25) is 5.91 Å². The number of nitrogens with zero attached hydrogens (tertiary/aromatic N) is 2. The monoisotopic (exact) mass is 300 g/mol. The highest BCUT2D eigenvalue weighted by Crippen LogP contribution is 2.23. The zero-order valence-electron chi connectivity index (χ0n) is 12.1. The van der Waals surface area contributed by atoms with E-state index in [2.05, 4.69) is 25.5 Å². The summed E-state index contributed by atoms with van der Waals surface area (Å²) in [7, 11) is 1.33. The topological polar surface area (TPSA) is 97.0 Å². The van der Waals surface area contributed by atoms with Gasteiger partial charge >= 0.3 is 5.97 Å². The van der Waals surface area contributed by atoms with E-state index in [4.69, 9.17) is 0 Å². The Morgan fingerprint density at radius 1 is 1.23 bits per heavy atom. The summed E-state index contributed by atoms with van der Waals surface area (Å²) in [5, 5.41) is 13.6. The molecule has 114 valence electrons. The van der Waals surface area contributed by atoms with Crippen LogP contribution in [-0.4, -0.2) is 34.4 Å². The Kier molecular flexibility index (Phi) is 3.86. The van der Waals surface area contributed by atoms with E-state index in [9.17, 15) is 9.59 Å². The number of amides is 1. The quantitative estimate of drug-likeness (QED) is 0.834. The van der Waals surface area contributed by atoms with E-state index in [1.807, 2.05) is 0 Å². The van der Waals surface area contributed by atoms with Crippen molar-refractivity contribution >= 4 is 17.6 Å². The number of nitrogens with one attached hydrogen (secondary N) is 2. The lowest BCUT2D eigenvalue weighted by Gasteiger charge is -2.19. The number of aryl methyl sites for hydroxylation is 1. The van der Waals surface area contributed by atoms with Gasteiger partial charge in [0, 0.05) is 18.0 Å². The summed E-state index contributed by atoms with van der Waals surface area (Å²) in [6, 6.07) is 6.62. The van der Waals surface area contributed by atoms with Crippen LogP contribution in [0.3, 0.4) is 0 Å². The van der Waals surface area contributed by atoms with Crippen molar-refractivity contribution in [1.82, 2.24) is 15.4 Å². The third kappa shape index (κ3) is 2.83. The standard InChI is InChI=1S/C15H16N4O3/c1-22-15(21)9-2-5-11(6-3-9)16-14(20)10-4-7-12-13(8-10)18-19-17-12/h2-3,5-6,10H,4,7-8H2,1H3,(H,16,20)(H,17,18,19). The highest BCUT2D eigenvalue weighted by atomic mass is 16.5. The maximum atomic E-state index is 12.3. The number of ether oxygens (including phenoxy) is 1. The Labute approximate surface area is 127 Å². The Hall–Kier alpha value is -2.70. The van der Waals surface area contributed by atoms with Gasteiger partial charge in [-0.3, -0.25) is 4.79 Å². The minimum Gasteiger partial charge on any atom is -0.465 e. The molecule has 1 aliphatic rings. The first-order chi connectivity index (χ1) is 10.7. The molecular formula is C15H16N4O3. The number of hydrogen-bond donors (Lipinski definition) is 2. The van der Waals surface area contributed by atoms with Gasteiger partial charge in [-0.05, 0) is 37.1 Å². The summed E-state index contributed by atoms with van der Waals surface area (Å²) < 4.78 is 4.64. The molecule has 1 heterocycles. The van der Waals surface area contributed by atoms with Crippen molar-refractivity contribution in [2.75, 3.05) is 12.4 Å². The summed E-state index contributed by atoms with van der Waals surface area (Å²) in [6.45, 7) is 0. The van der Waals surface area contributed by atoms with E-state index in [1.54, 1.807) is 24.3 Å². The highest BCUT2D eigenvalue weighted by Gasteiger charge is 2.27. The molecule has 1 aromatic heterocycles. The second kappa shape index (κ2) is 5.97. The smallest absolute Gasteiger partial charge is 0.337 e. The van der Waals surface area contributed by atoms with Crippen LogP contribution in [0.5, 0.6) is 0 Å². The second-order valence-electron chi connectivity index (χ2n) is 5.21. The molecule has 7 heteroatoms. The Balaban J connectivity index is 1.64. The maximum Gasteiger partial charge on any atom is 0.337 e. The van der Waals surface area contributed by atoms with Gasteiger partial charge < -0.3 is 10.1 Å². The zero-order chi connectivity index (χ0) is 15.5. The maximum absolute atomic E-state index is 12.3. The molecule has 2 N–H and O–H groups in total. The van der Waals surface area contributed by atoms with Gasteiger partial charge in [-0.2, -0.15) is 15.4 Å². The van der Waals surface area contributed by atoms with Crippen molar-refractivity contribution in [3.05, 3.63) is 41.2 Å². The minimum absolute atomic E-state index is 0.0422. The molecule has 1 amide bonds. The lowest BCUT2D eigenvalue weighted by atomic mass is 9.89. The van der Waals surface area contributed by atoms with Crippen molar-refractivity contribution < 1.29 is 14.3 Å². The molecule has 0 spiro atoms. The average molecular weight is 300 g/mol. The van der Waals surface area contributed by atoms with Crippen LogP contribution in [0.15, 0.2) is 24.3 Å². The van der Waals surface area contributed by atoms with E-state index in [1.165, 1.54) is 7.11 Å². The number of esters is 1. The number of hydrogen-bond acceptors (Lipinski definition) is 5. The largest absolute Gasteiger partial charge is 0.465 e. The number of anilines is 1. The predicted molar refractivity (Wildman–Crippen MR) is 78.3 cm³/mol. The Bertz CT molecular complexity index is 693. The molecule has 0 radical (unpaired) electrons. The second-order valence-corrected chi connectivity index (χ2v) is 5.21. The number of fused-ring (bicyclic) bond motifs is 1. The van der Waals surface area contributed by atoms with Crippen LogP contribution in [0, 0.1) is 5.92 Å². The third-order valence-electron chi connectivity index (χ3n) is 3.82. The lowest BCUT2D eigenvalue weighted by molar-refractivity contribution is -0.120. The normalized spacial score (nSPS) is 16.7. The molecule has 22 heavy (non-hydrogen) atoms. The average Bonchev–Trinajstić information content (AvgIpc) is 3.02. The molecule has 1 atom stereocenters. The van der Waals surface area contributed by atoms with Crippen LogP contribution >= 0.6 is 0 Å². The van der Waals surface area contributed by atoms with Crippen molar-refractivity contribution in [3.63, 3.8) is 0 Å². The number of carbonyl (C=O) groups is 2. The molecule has 1 aromatic carbocycles. The van der Waals surface area contributed by atoms with Crippen molar-refractivity contribution in [1.29, 1.82) is 0 Å². The number of methoxy groups -OCH3 is 1. The van der Waals surface area contributed by atoms with E-state index in [-0.39, 0.29) is 11.8 Å². The van der Waals surface area contributed by atoms with Gasteiger partial charge in [0.1, 0.15) is 0 Å². The molecule has 3 rings (SSSR count). The number of H-pyrrole nitrogens is 1. The van der Waals surface area contributed by atoms with Crippen LogP contribution in [-0.2, 0) is 22.4 Å². The number of rotatable bonds is 3. The van der Waals surface area contributed by atoms with E-state index >= 15 is 0 Å². The van der Waals surface area contributed by atoms with E-state index in [0.717, 1.165) is 24.2 Å². The van der Waals surface area contributed by atoms with Crippen LogP contribution in [0.1, 0.15) is 28.2 Å². The predicted octanol–water partition coefficient (Wildman–Crippen LogP) is 1.33. The van der Waals surface area contributed by atoms with Crippen LogP contribution < -0.4 is 5.32 Å². The van der Waals surface area contributed by atoms with Gasteiger partial charge in [-0.1, -0.05) is 0 Å². The highest BCUT2D eigenvalue weighted by molar-refractivity contribution is 5.94. The molecule has 1 aliphatic carbocycles.